The number of rotatable bonds is 4. The van der Waals surface area contributed by atoms with Crippen molar-refractivity contribution < 1.29 is 4.74 Å². The Bertz CT molecular complexity index is 327. The highest BCUT2D eigenvalue weighted by molar-refractivity contribution is 5.41. The van der Waals surface area contributed by atoms with E-state index in [9.17, 15) is 0 Å². The fourth-order valence-corrected chi connectivity index (χ4v) is 1.56. The lowest BCUT2D eigenvalue weighted by Gasteiger charge is -2.26. The van der Waals surface area contributed by atoms with Crippen LogP contribution in [0.3, 0.4) is 0 Å². The van der Waals surface area contributed by atoms with Gasteiger partial charge in [0, 0.05) is 32.4 Å². The van der Waals surface area contributed by atoms with Crippen molar-refractivity contribution >= 4 is 11.8 Å². The van der Waals surface area contributed by atoms with Gasteiger partial charge in [0.15, 0.2) is 0 Å². The summed E-state index contributed by atoms with van der Waals surface area (Å²) in [6, 6.07) is 1.85. The second-order valence-corrected chi connectivity index (χ2v) is 3.56. The van der Waals surface area contributed by atoms with Crippen LogP contribution in [0, 0.1) is 0 Å². The molecule has 0 saturated carbocycles. The molecule has 0 atom stereocenters. The average Bonchev–Trinajstić information content (AvgIpc) is 2.38. The summed E-state index contributed by atoms with van der Waals surface area (Å²) in [5, 5.41) is 3.14. The quantitative estimate of drug-likeness (QED) is 0.729. The first-order chi connectivity index (χ1) is 7.90. The zero-order chi connectivity index (χ0) is 11.2. The SMILES string of the molecule is NCCNc1ccnc(N2CCOCC2)n1. The van der Waals surface area contributed by atoms with Gasteiger partial charge in [-0.3, -0.25) is 0 Å². The van der Waals surface area contributed by atoms with Crippen LogP contribution in [0.25, 0.3) is 0 Å². The molecule has 16 heavy (non-hydrogen) atoms. The molecule has 88 valence electrons. The molecule has 0 amide bonds. The van der Waals surface area contributed by atoms with Crippen LogP contribution in [0.2, 0.25) is 0 Å². The van der Waals surface area contributed by atoms with Gasteiger partial charge in [0.25, 0.3) is 0 Å². The van der Waals surface area contributed by atoms with Crippen LogP contribution >= 0.6 is 0 Å². The highest BCUT2D eigenvalue weighted by Crippen LogP contribution is 2.11. The first-order valence-corrected chi connectivity index (χ1v) is 5.50. The molecule has 1 aliphatic rings. The van der Waals surface area contributed by atoms with Gasteiger partial charge in [-0.25, -0.2) is 4.98 Å². The Morgan fingerprint density at radius 1 is 1.44 bits per heavy atom. The van der Waals surface area contributed by atoms with Crippen molar-refractivity contribution in [1.29, 1.82) is 0 Å². The Balaban J connectivity index is 2.02. The van der Waals surface area contributed by atoms with Gasteiger partial charge in [0.05, 0.1) is 13.2 Å². The first kappa shape index (κ1) is 11.1. The van der Waals surface area contributed by atoms with Crippen molar-refractivity contribution in [3.8, 4) is 0 Å². The van der Waals surface area contributed by atoms with E-state index < -0.39 is 0 Å². The third-order valence-corrected chi connectivity index (χ3v) is 2.39. The van der Waals surface area contributed by atoms with Gasteiger partial charge in [-0.2, -0.15) is 4.98 Å². The van der Waals surface area contributed by atoms with Crippen LogP contribution < -0.4 is 16.0 Å². The lowest BCUT2D eigenvalue weighted by Crippen LogP contribution is -2.37. The van der Waals surface area contributed by atoms with Crippen LogP contribution in [-0.4, -0.2) is 49.4 Å². The first-order valence-electron chi connectivity index (χ1n) is 5.50. The van der Waals surface area contributed by atoms with Gasteiger partial charge < -0.3 is 20.7 Å². The van der Waals surface area contributed by atoms with Crippen molar-refractivity contribution in [2.75, 3.05) is 49.6 Å². The summed E-state index contributed by atoms with van der Waals surface area (Å²) in [7, 11) is 0. The third-order valence-electron chi connectivity index (χ3n) is 2.39. The van der Waals surface area contributed by atoms with Gasteiger partial charge >= 0.3 is 0 Å². The van der Waals surface area contributed by atoms with E-state index in [0.717, 1.165) is 44.6 Å². The maximum absolute atomic E-state index is 5.42. The molecule has 1 aliphatic heterocycles. The van der Waals surface area contributed by atoms with Gasteiger partial charge in [0.2, 0.25) is 5.95 Å². The summed E-state index contributed by atoms with van der Waals surface area (Å²) < 4.78 is 5.29. The third kappa shape index (κ3) is 2.80. The van der Waals surface area contributed by atoms with Crippen LogP contribution in [0.4, 0.5) is 11.8 Å². The maximum Gasteiger partial charge on any atom is 0.227 e. The van der Waals surface area contributed by atoms with Gasteiger partial charge in [-0.05, 0) is 6.07 Å². The minimum Gasteiger partial charge on any atom is -0.378 e. The molecule has 2 heterocycles. The molecule has 0 bridgehead atoms. The van der Waals surface area contributed by atoms with Crippen LogP contribution in [-0.2, 0) is 4.74 Å². The number of nitrogens with zero attached hydrogens (tertiary/aromatic N) is 3. The van der Waals surface area contributed by atoms with Crippen molar-refractivity contribution in [2.45, 2.75) is 0 Å². The fraction of sp³-hybridized carbons (Fsp3) is 0.600. The molecular formula is C10H17N5O. The number of hydrogen-bond acceptors (Lipinski definition) is 6. The monoisotopic (exact) mass is 223 g/mol. The van der Waals surface area contributed by atoms with E-state index >= 15 is 0 Å². The highest BCUT2D eigenvalue weighted by Gasteiger charge is 2.13. The molecule has 3 N–H and O–H groups in total. The molecule has 1 saturated heterocycles. The minimum atomic E-state index is 0.594. The Kier molecular flexibility index (Phi) is 3.90. The molecule has 0 spiro atoms. The summed E-state index contributed by atoms with van der Waals surface area (Å²) in [6.07, 6.45) is 1.76. The average molecular weight is 223 g/mol. The Morgan fingerprint density at radius 3 is 3.00 bits per heavy atom. The van der Waals surface area contributed by atoms with Crippen LogP contribution in [0.1, 0.15) is 0 Å². The van der Waals surface area contributed by atoms with Crippen molar-refractivity contribution in [1.82, 2.24) is 9.97 Å². The van der Waals surface area contributed by atoms with Gasteiger partial charge in [-0.15, -0.1) is 0 Å². The Morgan fingerprint density at radius 2 is 2.25 bits per heavy atom. The summed E-state index contributed by atoms with van der Waals surface area (Å²) >= 11 is 0. The molecular weight excluding hydrogens is 206 g/mol. The predicted octanol–water partition coefficient (Wildman–Crippen LogP) is -0.316. The second kappa shape index (κ2) is 5.62. The molecule has 0 aliphatic carbocycles. The van der Waals surface area contributed by atoms with Gasteiger partial charge in [-0.1, -0.05) is 0 Å². The van der Waals surface area contributed by atoms with E-state index in [2.05, 4.69) is 20.2 Å². The van der Waals surface area contributed by atoms with Crippen molar-refractivity contribution in [3.63, 3.8) is 0 Å². The number of ether oxygens (including phenoxy) is 1. The number of aromatic nitrogens is 2. The summed E-state index contributed by atoms with van der Waals surface area (Å²) in [5.74, 6) is 1.58. The number of nitrogens with one attached hydrogen (secondary N) is 1. The van der Waals surface area contributed by atoms with E-state index in [-0.39, 0.29) is 0 Å². The molecule has 0 aromatic carbocycles. The zero-order valence-electron chi connectivity index (χ0n) is 9.22. The molecule has 6 heteroatoms. The number of anilines is 2. The van der Waals surface area contributed by atoms with Crippen LogP contribution in [0.5, 0.6) is 0 Å². The number of morpholine rings is 1. The van der Waals surface area contributed by atoms with E-state index in [4.69, 9.17) is 10.5 Å². The Hall–Kier alpha value is -1.40. The number of nitrogens with two attached hydrogens (primary N) is 1. The molecule has 1 aromatic rings. The van der Waals surface area contributed by atoms with E-state index in [1.807, 2.05) is 6.07 Å². The fourth-order valence-electron chi connectivity index (χ4n) is 1.56. The zero-order valence-corrected chi connectivity index (χ0v) is 9.22. The Labute approximate surface area is 94.8 Å². The van der Waals surface area contributed by atoms with Crippen molar-refractivity contribution in [3.05, 3.63) is 12.3 Å². The van der Waals surface area contributed by atoms with Crippen molar-refractivity contribution in [2.24, 2.45) is 5.73 Å². The normalized spacial score (nSPS) is 16.2. The van der Waals surface area contributed by atoms with Gasteiger partial charge in [0.1, 0.15) is 5.82 Å². The molecule has 1 aromatic heterocycles. The summed E-state index contributed by atoms with van der Waals surface area (Å²) in [5.41, 5.74) is 5.42. The topological polar surface area (TPSA) is 76.3 Å². The smallest absolute Gasteiger partial charge is 0.227 e. The van der Waals surface area contributed by atoms with E-state index in [1.165, 1.54) is 0 Å². The largest absolute Gasteiger partial charge is 0.378 e. The predicted molar refractivity (Wildman–Crippen MR) is 62.6 cm³/mol. The molecule has 6 nitrogen and oxygen atoms in total. The molecule has 2 rings (SSSR count). The summed E-state index contributed by atoms with van der Waals surface area (Å²) in [4.78, 5) is 10.8. The standard InChI is InChI=1S/C10H17N5O/c11-2-4-12-9-1-3-13-10(14-9)15-5-7-16-8-6-15/h1,3H,2,4-8,11H2,(H,12,13,14). The maximum atomic E-state index is 5.42. The van der Waals surface area contributed by atoms with Crippen LogP contribution in [0.15, 0.2) is 12.3 Å². The van der Waals surface area contributed by atoms with E-state index in [0.29, 0.717) is 6.54 Å². The highest BCUT2D eigenvalue weighted by atomic mass is 16.5. The molecule has 0 unspecified atom stereocenters. The molecule has 1 fully saturated rings. The summed E-state index contributed by atoms with van der Waals surface area (Å²) in [6.45, 7) is 4.49. The minimum absolute atomic E-state index is 0.594. The lowest BCUT2D eigenvalue weighted by molar-refractivity contribution is 0.122. The number of hydrogen-bond donors (Lipinski definition) is 2. The van der Waals surface area contributed by atoms with E-state index in [1.54, 1.807) is 6.20 Å². The lowest BCUT2D eigenvalue weighted by atomic mass is 10.4. The second-order valence-electron chi connectivity index (χ2n) is 3.56. The molecule has 0 radical (unpaired) electrons.